The lowest BCUT2D eigenvalue weighted by Gasteiger charge is -2.24. The topological polar surface area (TPSA) is 124 Å². The number of carbonyl (C=O) groups is 2. The third kappa shape index (κ3) is 4.52. The van der Waals surface area contributed by atoms with Crippen LogP contribution in [0.4, 0.5) is 5.82 Å². The van der Waals surface area contributed by atoms with Crippen LogP contribution in [0.5, 0.6) is 0 Å². The van der Waals surface area contributed by atoms with E-state index in [4.69, 9.17) is 0 Å². The van der Waals surface area contributed by atoms with Gasteiger partial charge in [0.15, 0.2) is 0 Å². The summed E-state index contributed by atoms with van der Waals surface area (Å²) in [5, 5.41) is 7.87. The van der Waals surface area contributed by atoms with Crippen LogP contribution >= 0.6 is 0 Å². The summed E-state index contributed by atoms with van der Waals surface area (Å²) in [7, 11) is 0. The molecule has 0 radical (unpaired) electrons. The Kier molecular flexibility index (Phi) is 6.13. The number of amides is 2. The molecule has 37 heavy (non-hydrogen) atoms. The Morgan fingerprint density at radius 1 is 1.16 bits per heavy atom. The van der Waals surface area contributed by atoms with Gasteiger partial charge in [0.2, 0.25) is 5.43 Å². The van der Waals surface area contributed by atoms with Crippen molar-refractivity contribution in [1.82, 2.24) is 19.3 Å². The predicted molar refractivity (Wildman–Crippen MR) is 143 cm³/mol. The van der Waals surface area contributed by atoms with Crippen molar-refractivity contribution in [3.8, 4) is 0 Å². The standard InChI is InChI=1S/C27H31N7O3/c1-6-33-14-18(22(35)17-12-11-15(2)28-23(17)33)25(37)30-21-13-20(27(3,4)5)32-34(21)26-29-19-10-8-7-9-16(19)24(36)31-26/h11-14,16H,6-10H2,1-5H3,(H,30,37). The van der Waals surface area contributed by atoms with Gasteiger partial charge < -0.3 is 9.88 Å². The summed E-state index contributed by atoms with van der Waals surface area (Å²) in [5.74, 6) is -0.650. The molecule has 3 aromatic rings. The Balaban J connectivity index is 1.57. The number of aryl methyl sites for hydroxylation is 2. The number of aromatic nitrogens is 4. The van der Waals surface area contributed by atoms with Crippen LogP contribution in [0.15, 0.2) is 39.2 Å². The van der Waals surface area contributed by atoms with E-state index in [1.54, 1.807) is 22.8 Å². The molecular weight excluding hydrogens is 470 g/mol. The maximum Gasteiger partial charge on any atom is 0.262 e. The van der Waals surface area contributed by atoms with Gasteiger partial charge >= 0.3 is 0 Å². The zero-order valence-corrected chi connectivity index (χ0v) is 21.8. The quantitative estimate of drug-likeness (QED) is 0.584. The van der Waals surface area contributed by atoms with Crippen LogP contribution in [0.2, 0.25) is 0 Å². The first-order valence-corrected chi connectivity index (χ1v) is 12.7. The molecule has 1 fully saturated rings. The van der Waals surface area contributed by atoms with Gasteiger partial charge in [0.05, 0.1) is 17.0 Å². The largest absolute Gasteiger partial charge is 0.332 e. The highest BCUT2D eigenvalue weighted by Crippen LogP contribution is 2.28. The van der Waals surface area contributed by atoms with Crippen LogP contribution < -0.4 is 10.7 Å². The van der Waals surface area contributed by atoms with Gasteiger partial charge in [-0.2, -0.15) is 14.8 Å². The molecule has 10 heteroatoms. The highest BCUT2D eigenvalue weighted by Gasteiger charge is 2.33. The molecule has 0 aromatic carbocycles. The number of rotatable bonds is 3. The molecule has 1 N–H and O–H groups in total. The second-order valence-corrected chi connectivity index (χ2v) is 10.7. The molecule has 1 saturated carbocycles. The fraction of sp³-hybridized carbons (Fsp3) is 0.444. The first-order chi connectivity index (χ1) is 17.6. The molecule has 1 aliphatic carbocycles. The Morgan fingerprint density at radius 2 is 1.95 bits per heavy atom. The molecule has 1 aliphatic heterocycles. The Labute approximate surface area is 214 Å². The van der Waals surface area contributed by atoms with E-state index < -0.39 is 11.3 Å². The zero-order valence-electron chi connectivity index (χ0n) is 21.8. The number of carbonyl (C=O) groups excluding carboxylic acids is 2. The number of hydrogen-bond donors (Lipinski definition) is 1. The van der Waals surface area contributed by atoms with Crippen molar-refractivity contribution in [2.75, 3.05) is 5.32 Å². The van der Waals surface area contributed by atoms with Crippen LogP contribution in [0.25, 0.3) is 11.0 Å². The second kappa shape index (κ2) is 9.17. The van der Waals surface area contributed by atoms with Gasteiger partial charge in [-0.1, -0.05) is 27.2 Å². The molecule has 1 atom stereocenters. The number of pyridine rings is 2. The molecule has 0 saturated heterocycles. The molecule has 0 bridgehead atoms. The Bertz CT molecular complexity index is 1550. The maximum absolute atomic E-state index is 13.5. The second-order valence-electron chi connectivity index (χ2n) is 10.7. The van der Waals surface area contributed by atoms with Gasteiger partial charge in [-0.25, -0.2) is 9.98 Å². The minimum atomic E-state index is -0.581. The van der Waals surface area contributed by atoms with Crippen LogP contribution in [-0.4, -0.2) is 42.8 Å². The highest BCUT2D eigenvalue weighted by atomic mass is 16.2. The molecule has 3 aromatic heterocycles. The van der Waals surface area contributed by atoms with Crippen molar-refractivity contribution in [2.45, 2.75) is 72.3 Å². The van der Waals surface area contributed by atoms with Gasteiger partial charge in [-0.15, -0.1) is 0 Å². The first kappa shape index (κ1) is 24.7. The summed E-state index contributed by atoms with van der Waals surface area (Å²) in [6.45, 7) is 10.3. The zero-order chi connectivity index (χ0) is 26.5. The van der Waals surface area contributed by atoms with E-state index in [9.17, 15) is 14.4 Å². The molecule has 2 aliphatic rings. The van der Waals surface area contributed by atoms with E-state index in [1.165, 1.54) is 10.9 Å². The number of anilines is 1. The molecular formula is C27H31N7O3. The molecule has 10 nitrogen and oxygen atoms in total. The number of hydrogen-bond acceptors (Lipinski definition) is 6. The number of aliphatic imine (C=N–C) groups is 2. The normalized spacial score (nSPS) is 17.9. The monoisotopic (exact) mass is 501 g/mol. The minimum Gasteiger partial charge on any atom is -0.332 e. The summed E-state index contributed by atoms with van der Waals surface area (Å²) >= 11 is 0. The van der Waals surface area contributed by atoms with E-state index in [0.717, 1.165) is 37.1 Å². The predicted octanol–water partition coefficient (Wildman–Crippen LogP) is 3.85. The van der Waals surface area contributed by atoms with E-state index in [0.29, 0.717) is 29.1 Å². The lowest BCUT2D eigenvalue weighted by molar-refractivity contribution is -0.120. The number of nitrogens with zero attached hydrogens (tertiary/aromatic N) is 6. The SMILES string of the molecule is CCn1cc(C(=O)Nc2cc(C(C)(C)C)nn2C2=NC(=O)C3CCCCC3=N2)c(=O)c2ccc(C)nc21. The molecule has 5 rings (SSSR count). The molecule has 0 spiro atoms. The first-order valence-electron chi connectivity index (χ1n) is 12.7. The average Bonchev–Trinajstić information content (AvgIpc) is 3.28. The van der Waals surface area contributed by atoms with Gasteiger partial charge in [0, 0.05) is 35.6 Å². The third-order valence-corrected chi connectivity index (χ3v) is 6.88. The fourth-order valence-corrected chi connectivity index (χ4v) is 4.76. The van der Waals surface area contributed by atoms with Gasteiger partial charge in [-0.3, -0.25) is 14.4 Å². The third-order valence-electron chi connectivity index (χ3n) is 6.88. The summed E-state index contributed by atoms with van der Waals surface area (Å²) in [4.78, 5) is 52.9. The number of fused-ring (bicyclic) bond motifs is 2. The van der Waals surface area contributed by atoms with Crippen molar-refractivity contribution in [3.63, 3.8) is 0 Å². The van der Waals surface area contributed by atoms with Gasteiger partial charge in [0.25, 0.3) is 17.8 Å². The van der Waals surface area contributed by atoms with Gasteiger partial charge in [0.1, 0.15) is 17.0 Å². The van der Waals surface area contributed by atoms with E-state index >= 15 is 0 Å². The summed E-state index contributed by atoms with van der Waals surface area (Å²) in [5.41, 5.74) is 2.08. The smallest absolute Gasteiger partial charge is 0.262 e. The van der Waals surface area contributed by atoms with Crippen molar-refractivity contribution in [1.29, 1.82) is 0 Å². The fourth-order valence-electron chi connectivity index (χ4n) is 4.76. The Morgan fingerprint density at radius 3 is 2.68 bits per heavy atom. The van der Waals surface area contributed by atoms with E-state index in [-0.39, 0.29) is 28.8 Å². The van der Waals surface area contributed by atoms with Crippen molar-refractivity contribution < 1.29 is 9.59 Å². The van der Waals surface area contributed by atoms with Crippen molar-refractivity contribution in [3.05, 3.63) is 51.6 Å². The van der Waals surface area contributed by atoms with E-state index in [1.807, 2.05) is 34.6 Å². The average molecular weight is 502 g/mol. The van der Waals surface area contributed by atoms with Crippen LogP contribution in [0.1, 0.15) is 75.1 Å². The summed E-state index contributed by atoms with van der Waals surface area (Å²) in [6, 6.07) is 5.19. The van der Waals surface area contributed by atoms with Crippen molar-refractivity contribution >= 4 is 40.3 Å². The lowest BCUT2D eigenvalue weighted by Crippen LogP contribution is -2.34. The summed E-state index contributed by atoms with van der Waals surface area (Å²) in [6.07, 6.45) is 4.99. The minimum absolute atomic E-state index is 0.00891. The van der Waals surface area contributed by atoms with E-state index in [2.05, 4.69) is 25.4 Å². The van der Waals surface area contributed by atoms with Crippen LogP contribution in [-0.2, 0) is 16.8 Å². The maximum atomic E-state index is 13.5. The van der Waals surface area contributed by atoms with Gasteiger partial charge in [-0.05, 0) is 45.2 Å². The lowest BCUT2D eigenvalue weighted by atomic mass is 9.86. The molecule has 1 unspecified atom stereocenters. The number of nitrogens with one attached hydrogen (secondary N) is 1. The molecule has 192 valence electrons. The van der Waals surface area contributed by atoms with Crippen LogP contribution in [0.3, 0.4) is 0 Å². The highest BCUT2D eigenvalue weighted by molar-refractivity contribution is 6.16. The van der Waals surface area contributed by atoms with Crippen LogP contribution in [0, 0.1) is 12.8 Å². The van der Waals surface area contributed by atoms with Crippen molar-refractivity contribution in [2.24, 2.45) is 15.9 Å². The summed E-state index contributed by atoms with van der Waals surface area (Å²) < 4.78 is 3.19. The Hall–Kier alpha value is -3.95. The molecule has 4 heterocycles. The molecule has 2 amide bonds.